The Labute approximate surface area is 127 Å². The summed E-state index contributed by atoms with van der Waals surface area (Å²) < 4.78 is 21.3. The molecule has 0 aliphatic rings. The maximum absolute atomic E-state index is 13.8. The molecule has 0 fully saturated rings. The average Bonchev–Trinajstić information content (AvgIpc) is 2.81. The van der Waals surface area contributed by atoms with E-state index in [1.807, 2.05) is 16.7 Å². The highest BCUT2D eigenvalue weighted by atomic mass is 32.1. The van der Waals surface area contributed by atoms with Crippen molar-refractivity contribution in [3.05, 3.63) is 52.5 Å². The number of fused-ring (bicyclic) bond motifs is 1. The zero-order valence-corrected chi connectivity index (χ0v) is 12.6. The fourth-order valence-electron chi connectivity index (χ4n) is 2.44. The summed E-state index contributed by atoms with van der Waals surface area (Å²) in [5, 5.41) is 0. The standard InChI is InChI=1S/C16H15FN2OS/c1-3-10-5-4-6-11(7-10)19-14-9-15(20-2)12(17)8-13(14)18-16(19)21/h4-9H,3H2,1-2H3,(H,18,21). The van der Waals surface area contributed by atoms with Crippen LogP contribution in [0.15, 0.2) is 36.4 Å². The molecule has 1 heterocycles. The van der Waals surface area contributed by atoms with Gasteiger partial charge in [-0.2, -0.15) is 0 Å². The van der Waals surface area contributed by atoms with Crippen LogP contribution in [0.25, 0.3) is 16.7 Å². The second-order valence-corrected chi connectivity index (χ2v) is 5.18. The van der Waals surface area contributed by atoms with Gasteiger partial charge in [0.25, 0.3) is 0 Å². The highest BCUT2D eigenvalue weighted by Gasteiger charge is 2.12. The van der Waals surface area contributed by atoms with Crippen LogP contribution >= 0.6 is 12.2 Å². The Morgan fingerprint density at radius 3 is 2.81 bits per heavy atom. The van der Waals surface area contributed by atoms with E-state index in [0.29, 0.717) is 10.3 Å². The first kappa shape index (κ1) is 13.8. The van der Waals surface area contributed by atoms with Gasteiger partial charge in [0.05, 0.1) is 18.1 Å². The minimum Gasteiger partial charge on any atom is -0.494 e. The van der Waals surface area contributed by atoms with Crippen molar-refractivity contribution in [2.45, 2.75) is 13.3 Å². The van der Waals surface area contributed by atoms with Crippen LogP contribution in [0.4, 0.5) is 4.39 Å². The fourth-order valence-corrected chi connectivity index (χ4v) is 2.75. The molecule has 5 heteroatoms. The Morgan fingerprint density at radius 2 is 2.10 bits per heavy atom. The molecule has 2 aromatic carbocycles. The maximum Gasteiger partial charge on any atom is 0.182 e. The third-order valence-corrected chi connectivity index (χ3v) is 3.82. The Balaban J connectivity index is 2.31. The molecule has 0 radical (unpaired) electrons. The predicted octanol–water partition coefficient (Wildman–Crippen LogP) is 4.40. The SMILES string of the molecule is CCc1cccc(-n2c(=S)[nH]c3cc(F)c(OC)cc32)c1. The Kier molecular flexibility index (Phi) is 3.51. The van der Waals surface area contributed by atoms with Crippen molar-refractivity contribution >= 4 is 23.3 Å². The average molecular weight is 302 g/mol. The smallest absolute Gasteiger partial charge is 0.182 e. The van der Waals surface area contributed by atoms with Crippen LogP contribution in [0.3, 0.4) is 0 Å². The van der Waals surface area contributed by atoms with Gasteiger partial charge in [0.15, 0.2) is 16.3 Å². The number of aromatic nitrogens is 2. The molecule has 0 atom stereocenters. The lowest BCUT2D eigenvalue weighted by Gasteiger charge is -2.08. The van der Waals surface area contributed by atoms with Gasteiger partial charge in [-0.1, -0.05) is 19.1 Å². The second-order valence-electron chi connectivity index (χ2n) is 4.79. The molecule has 0 aliphatic carbocycles. The van der Waals surface area contributed by atoms with Crippen molar-refractivity contribution < 1.29 is 9.13 Å². The van der Waals surface area contributed by atoms with Gasteiger partial charge in [0.1, 0.15) is 0 Å². The van der Waals surface area contributed by atoms with E-state index < -0.39 is 5.82 Å². The van der Waals surface area contributed by atoms with Crippen LogP contribution in [0, 0.1) is 10.6 Å². The second kappa shape index (κ2) is 5.33. The number of H-pyrrole nitrogens is 1. The van der Waals surface area contributed by atoms with Crippen LogP contribution in [-0.4, -0.2) is 16.7 Å². The van der Waals surface area contributed by atoms with Crippen molar-refractivity contribution in [1.82, 2.24) is 9.55 Å². The number of imidazole rings is 1. The van der Waals surface area contributed by atoms with Gasteiger partial charge in [-0.3, -0.25) is 4.57 Å². The number of nitrogens with zero attached hydrogens (tertiary/aromatic N) is 1. The summed E-state index contributed by atoms with van der Waals surface area (Å²) in [7, 11) is 1.45. The van der Waals surface area contributed by atoms with Gasteiger partial charge in [-0.05, 0) is 36.3 Å². The topological polar surface area (TPSA) is 29.9 Å². The molecule has 3 nitrogen and oxygen atoms in total. The number of nitrogens with one attached hydrogen (secondary N) is 1. The Morgan fingerprint density at radius 1 is 1.29 bits per heavy atom. The monoisotopic (exact) mass is 302 g/mol. The minimum atomic E-state index is -0.407. The predicted molar refractivity (Wildman–Crippen MR) is 84.3 cm³/mol. The van der Waals surface area contributed by atoms with E-state index in [1.165, 1.54) is 18.7 Å². The maximum atomic E-state index is 13.8. The summed E-state index contributed by atoms with van der Waals surface area (Å²) in [6.07, 6.45) is 0.946. The number of rotatable bonds is 3. The van der Waals surface area contributed by atoms with Crippen molar-refractivity contribution in [1.29, 1.82) is 0 Å². The molecule has 0 spiro atoms. The minimum absolute atomic E-state index is 0.205. The van der Waals surface area contributed by atoms with Crippen molar-refractivity contribution in [2.75, 3.05) is 7.11 Å². The number of methoxy groups -OCH3 is 1. The van der Waals surface area contributed by atoms with E-state index >= 15 is 0 Å². The lowest BCUT2D eigenvalue weighted by Crippen LogP contribution is -1.96. The number of hydrogen-bond donors (Lipinski definition) is 1. The zero-order valence-electron chi connectivity index (χ0n) is 11.8. The van der Waals surface area contributed by atoms with Crippen LogP contribution < -0.4 is 4.74 Å². The molecule has 0 saturated heterocycles. The molecule has 108 valence electrons. The first-order valence-corrected chi connectivity index (χ1v) is 7.12. The van der Waals surface area contributed by atoms with Gasteiger partial charge in [0.2, 0.25) is 0 Å². The van der Waals surface area contributed by atoms with E-state index in [0.717, 1.165) is 17.6 Å². The molecular weight excluding hydrogens is 287 g/mol. The summed E-state index contributed by atoms with van der Waals surface area (Å²) in [6.45, 7) is 2.10. The quantitative estimate of drug-likeness (QED) is 0.727. The molecule has 3 aromatic rings. The van der Waals surface area contributed by atoms with E-state index in [1.54, 1.807) is 6.07 Å². The summed E-state index contributed by atoms with van der Waals surface area (Å²) in [5.74, 6) is -0.201. The van der Waals surface area contributed by atoms with Crippen LogP contribution in [0.1, 0.15) is 12.5 Å². The number of benzene rings is 2. The van der Waals surface area contributed by atoms with Crippen molar-refractivity contribution in [3.8, 4) is 11.4 Å². The number of aromatic amines is 1. The first-order valence-electron chi connectivity index (χ1n) is 6.71. The van der Waals surface area contributed by atoms with Crippen LogP contribution in [0.5, 0.6) is 5.75 Å². The van der Waals surface area contributed by atoms with Crippen LogP contribution in [-0.2, 0) is 6.42 Å². The number of aryl methyl sites for hydroxylation is 1. The highest BCUT2D eigenvalue weighted by Crippen LogP contribution is 2.27. The van der Waals surface area contributed by atoms with Gasteiger partial charge in [-0.25, -0.2) is 4.39 Å². The molecule has 3 rings (SSSR count). The van der Waals surface area contributed by atoms with Crippen molar-refractivity contribution in [2.24, 2.45) is 0 Å². The normalized spacial score (nSPS) is 11.0. The lowest BCUT2D eigenvalue weighted by molar-refractivity contribution is 0.387. The molecule has 0 amide bonds. The summed E-state index contributed by atoms with van der Waals surface area (Å²) in [5.41, 5.74) is 3.63. The number of hydrogen-bond acceptors (Lipinski definition) is 2. The summed E-state index contributed by atoms with van der Waals surface area (Å²) in [6, 6.07) is 11.2. The van der Waals surface area contributed by atoms with E-state index in [-0.39, 0.29) is 5.75 Å². The molecule has 1 aromatic heterocycles. The van der Waals surface area contributed by atoms with E-state index in [2.05, 4.69) is 24.0 Å². The van der Waals surface area contributed by atoms with E-state index in [9.17, 15) is 4.39 Å². The number of ether oxygens (including phenoxy) is 1. The summed E-state index contributed by atoms with van der Waals surface area (Å²) >= 11 is 5.38. The number of halogens is 1. The fraction of sp³-hybridized carbons (Fsp3) is 0.188. The summed E-state index contributed by atoms with van der Waals surface area (Å²) in [4.78, 5) is 3.04. The molecular formula is C16H15FN2OS. The van der Waals surface area contributed by atoms with Gasteiger partial charge >= 0.3 is 0 Å². The molecule has 0 saturated carbocycles. The van der Waals surface area contributed by atoms with Gasteiger partial charge in [0, 0.05) is 17.8 Å². The third-order valence-electron chi connectivity index (χ3n) is 3.53. The van der Waals surface area contributed by atoms with Crippen molar-refractivity contribution in [3.63, 3.8) is 0 Å². The Hall–Kier alpha value is -2.14. The lowest BCUT2D eigenvalue weighted by atomic mass is 10.1. The van der Waals surface area contributed by atoms with Gasteiger partial charge in [-0.15, -0.1) is 0 Å². The third kappa shape index (κ3) is 2.34. The first-order chi connectivity index (χ1) is 10.1. The van der Waals surface area contributed by atoms with Gasteiger partial charge < -0.3 is 9.72 Å². The van der Waals surface area contributed by atoms with Crippen LogP contribution in [0.2, 0.25) is 0 Å². The molecule has 0 aliphatic heterocycles. The molecule has 0 bridgehead atoms. The Bertz CT molecular complexity index is 866. The molecule has 21 heavy (non-hydrogen) atoms. The zero-order chi connectivity index (χ0) is 15.0. The van der Waals surface area contributed by atoms with E-state index in [4.69, 9.17) is 17.0 Å². The molecule has 1 N–H and O–H groups in total. The largest absolute Gasteiger partial charge is 0.494 e. The molecule has 0 unspecified atom stereocenters. The highest BCUT2D eigenvalue weighted by molar-refractivity contribution is 7.71.